The number of nitrogens with zero attached hydrogens (tertiary/aromatic N) is 1. The van der Waals surface area contributed by atoms with Crippen molar-refractivity contribution < 1.29 is 5.11 Å². The number of aryl methyl sites for hydroxylation is 2. The Morgan fingerprint density at radius 2 is 1.85 bits per heavy atom. The smallest absolute Gasteiger partial charge is 0.116 e. The van der Waals surface area contributed by atoms with Crippen molar-refractivity contribution in [3.63, 3.8) is 0 Å². The highest BCUT2D eigenvalue weighted by Gasteiger charge is 2.10. The minimum Gasteiger partial charge on any atom is -0.508 e. The third-order valence-corrected chi connectivity index (χ3v) is 4.85. The van der Waals surface area contributed by atoms with E-state index < -0.39 is 0 Å². The van der Waals surface area contributed by atoms with Gasteiger partial charge in [0.15, 0.2) is 0 Å². The molecule has 4 heteroatoms. The fraction of sp³-hybridized carbons (Fsp3) is 0.0870. The molecule has 27 heavy (non-hydrogen) atoms. The van der Waals surface area contributed by atoms with Crippen LogP contribution in [0.25, 0.3) is 27.9 Å². The maximum Gasteiger partial charge on any atom is 0.116 e. The Kier molecular flexibility index (Phi) is 4.69. The zero-order valence-electron chi connectivity index (χ0n) is 14.7. The van der Waals surface area contributed by atoms with Crippen LogP contribution in [0.4, 0.5) is 0 Å². The molecule has 134 valence electrons. The van der Waals surface area contributed by atoms with Crippen LogP contribution in [-0.4, -0.2) is 15.1 Å². The minimum absolute atomic E-state index is 0.0671. The largest absolute Gasteiger partial charge is 0.508 e. The molecule has 0 bridgehead atoms. The summed E-state index contributed by atoms with van der Waals surface area (Å²) in [7, 11) is 0. The summed E-state index contributed by atoms with van der Waals surface area (Å²) in [5.41, 5.74) is 5.80. The van der Waals surface area contributed by atoms with Crippen molar-refractivity contribution in [2.75, 3.05) is 0 Å². The first-order valence-corrected chi connectivity index (χ1v) is 9.19. The van der Waals surface area contributed by atoms with Crippen LogP contribution >= 0.6 is 11.6 Å². The standard InChI is InChI=1S/C23H19ClN2O/c1-15(27)19-7-2-3-8-20(19)17-10-11-21-22(14-17)26-23(25-21)12-9-16-5-4-6-18(24)13-16/h2-8,10-11,13-14,27H,1,9,12H2,(H,25,26). The Hall–Kier alpha value is -3.04. The van der Waals surface area contributed by atoms with Gasteiger partial charge in [-0.25, -0.2) is 4.98 Å². The van der Waals surface area contributed by atoms with Crippen LogP contribution in [0.1, 0.15) is 17.0 Å². The highest BCUT2D eigenvalue weighted by molar-refractivity contribution is 6.30. The van der Waals surface area contributed by atoms with Gasteiger partial charge in [0.05, 0.1) is 11.0 Å². The number of fused-ring (bicyclic) bond motifs is 1. The number of nitrogens with one attached hydrogen (secondary N) is 1. The summed E-state index contributed by atoms with van der Waals surface area (Å²) in [6.45, 7) is 3.66. The molecule has 0 aliphatic carbocycles. The molecule has 0 amide bonds. The molecule has 1 aromatic heterocycles. The van der Waals surface area contributed by atoms with Gasteiger partial charge in [0.25, 0.3) is 0 Å². The monoisotopic (exact) mass is 374 g/mol. The molecule has 0 saturated heterocycles. The van der Waals surface area contributed by atoms with Crippen molar-refractivity contribution in [3.05, 3.63) is 95.3 Å². The number of imidazole rings is 1. The van der Waals surface area contributed by atoms with Gasteiger partial charge in [-0.1, -0.05) is 60.6 Å². The number of aromatic nitrogens is 2. The van der Waals surface area contributed by atoms with E-state index in [1.54, 1.807) is 0 Å². The van der Waals surface area contributed by atoms with E-state index >= 15 is 0 Å². The van der Waals surface area contributed by atoms with Crippen molar-refractivity contribution in [2.45, 2.75) is 12.8 Å². The van der Waals surface area contributed by atoms with Crippen molar-refractivity contribution in [1.82, 2.24) is 9.97 Å². The van der Waals surface area contributed by atoms with Crippen LogP contribution in [0.2, 0.25) is 5.02 Å². The normalized spacial score (nSPS) is 11.0. The molecule has 0 radical (unpaired) electrons. The molecule has 0 saturated carbocycles. The highest BCUT2D eigenvalue weighted by Crippen LogP contribution is 2.29. The summed E-state index contributed by atoms with van der Waals surface area (Å²) in [4.78, 5) is 8.10. The Bertz CT molecular complexity index is 1130. The summed E-state index contributed by atoms with van der Waals surface area (Å²) in [5.74, 6) is 1.01. The maximum absolute atomic E-state index is 9.86. The molecular weight excluding hydrogens is 356 g/mol. The number of H-pyrrole nitrogens is 1. The van der Waals surface area contributed by atoms with E-state index in [9.17, 15) is 5.11 Å². The molecule has 3 nitrogen and oxygen atoms in total. The lowest BCUT2D eigenvalue weighted by atomic mass is 9.98. The van der Waals surface area contributed by atoms with Crippen LogP contribution < -0.4 is 0 Å². The number of benzene rings is 3. The molecule has 0 spiro atoms. The van der Waals surface area contributed by atoms with E-state index in [4.69, 9.17) is 11.6 Å². The predicted octanol–water partition coefficient (Wildman–Crippen LogP) is 6.20. The molecule has 0 fully saturated rings. The average molecular weight is 375 g/mol. The molecule has 3 aromatic carbocycles. The van der Waals surface area contributed by atoms with E-state index in [0.717, 1.165) is 51.4 Å². The fourth-order valence-corrected chi connectivity index (χ4v) is 3.50. The van der Waals surface area contributed by atoms with Crippen molar-refractivity contribution in [3.8, 4) is 11.1 Å². The number of aromatic amines is 1. The maximum atomic E-state index is 9.86. The Morgan fingerprint density at radius 3 is 2.67 bits per heavy atom. The number of aliphatic hydroxyl groups is 1. The molecular formula is C23H19ClN2O. The number of rotatable bonds is 5. The van der Waals surface area contributed by atoms with Gasteiger partial charge in [0.1, 0.15) is 11.6 Å². The van der Waals surface area contributed by atoms with Gasteiger partial charge in [-0.15, -0.1) is 0 Å². The Morgan fingerprint density at radius 1 is 1.00 bits per heavy atom. The molecule has 0 atom stereocenters. The van der Waals surface area contributed by atoms with E-state index in [2.05, 4.69) is 28.7 Å². The third kappa shape index (κ3) is 3.74. The number of aliphatic hydroxyl groups excluding tert-OH is 1. The van der Waals surface area contributed by atoms with Gasteiger partial charge in [0, 0.05) is 17.0 Å². The first-order chi connectivity index (χ1) is 13.1. The van der Waals surface area contributed by atoms with Crippen molar-refractivity contribution in [2.24, 2.45) is 0 Å². The van der Waals surface area contributed by atoms with E-state index in [0.29, 0.717) is 0 Å². The topological polar surface area (TPSA) is 48.9 Å². The first kappa shape index (κ1) is 17.4. The SMILES string of the molecule is C=C(O)c1ccccc1-c1ccc2nc(CCc3cccc(Cl)c3)[nH]c2c1. The summed E-state index contributed by atoms with van der Waals surface area (Å²) < 4.78 is 0. The Balaban J connectivity index is 1.62. The van der Waals surface area contributed by atoms with Crippen molar-refractivity contribution >= 4 is 28.4 Å². The lowest BCUT2D eigenvalue weighted by Crippen LogP contribution is -1.93. The number of hydrogen-bond acceptors (Lipinski definition) is 2. The zero-order chi connectivity index (χ0) is 18.8. The van der Waals surface area contributed by atoms with E-state index in [-0.39, 0.29) is 5.76 Å². The lowest BCUT2D eigenvalue weighted by Gasteiger charge is -2.08. The summed E-state index contributed by atoms with van der Waals surface area (Å²) >= 11 is 6.05. The second-order valence-electron chi connectivity index (χ2n) is 6.54. The molecule has 0 unspecified atom stereocenters. The van der Waals surface area contributed by atoms with E-state index in [1.165, 1.54) is 5.56 Å². The fourth-order valence-electron chi connectivity index (χ4n) is 3.29. The third-order valence-electron chi connectivity index (χ3n) is 4.62. The van der Waals surface area contributed by atoms with Gasteiger partial charge in [-0.3, -0.25) is 0 Å². The molecule has 1 heterocycles. The minimum atomic E-state index is 0.0671. The number of halogens is 1. The van der Waals surface area contributed by atoms with E-state index in [1.807, 2.05) is 54.6 Å². The van der Waals surface area contributed by atoms with Gasteiger partial charge in [-0.2, -0.15) is 0 Å². The molecule has 2 N–H and O–H groups in total. The van der Waals surface area contributed by atoms with Crippen LogP contribution in [0.15, 0.2) is 73.3 Å². The highest BCUT2D eigenvalue weighted by atomic mass is 35.5. The molecule has 4 rings (SSSR count). The quantitative estimate of drug-likeness (QED) is 0.409. The summed E-state index contributed by atoms with van der Waals surface area (Å²) in [5, 5.41) is 10.6. The molecule has 4 aromatic rings. The van der Waals surface area contributed by atoms with Crippen LogP contribution in [0, 0.1) is 0 Å². The Labute approximate surface area is 163 Å². The lowest BCUT2D eigenvalue weighted by molar-refractivity contribution is 0.514. The summed E-state index contributed by atoms with van der Waals surface area (Å²) in [6.07, 6.45) is 1.69. The van der Waals surface area contributed by atoms with Gasteiger partial charge in [-0.05, 0) is 47.4 Å². The first-order valence-electron chi connectivity index (χ1n) is 8.81. The van der Waals surface area contributed by atoms with Crippen LogP contribution in [0.5, 0.6) is 0 Å². The zero-order valence-corrected chi connectivity index (χ0v) is 15.5. The molecule has 0 aliphatic heterocycles. The number of hydrogen-bond donors (Lipinski definition) is 2. The van der Waals surface area contributed by atoms with Crippen LogP contribution in [-0.2, 0) is 12.8 Å². The summed E-state index contributed by atoms with van der Waals surface area (Å²) in [6, 6.07) is 21.7. The van der Waals surface area contributed by atoms with Crippen LogP contribution in [0.3, 0.4) is 0 Å². The van der Waals surface area contributed by atoms with Gasteiger partial charge >= 0.3 is 0 Å². The van der Waals surface area contributed by atoms with Gasteiger partial charge in [0.2, 0.25) is 0 Å². The second kappa shape index (κ2) is 7.29. The van der Waals surface area contributed by atoms with Gasteiger partial charge < -0.3 is 10.1 Å². The average Bonchev–Trinajstić information content (AvgIpc) is 3.08. The molecule has 0 aliphatic rings. The van der Waals surface area contributed by atoms with Crippen molar-refractivity contribution in [1.29, 1.82) is 0 Å². The predicted molar refractivity (Wildman–Crippen MR) is 112 cm³/mol. The second-order valence-corrected chi connectivity index (χ2v) is 6.97.